The lowest BCUT2D eigenvalue weighted by Gasteiger charge is -2.23. The Kier molecular flexibility index (Phi) is 7.88. The molecule has 0 aliphatic rings. The fourth-order valence-corrected chi connectivity index (χ4v) is 4.75. The highest BCUT2D eigenvalue weighted by atomic mass is 32.2. The summed E-state index contributed by atoms with van der Waals surface area (Å²) in [5.41, 5.74) is 1.70. The van der Waals surface area contributed by atoms with E-state index in [1.807, 2.05) is 6.07 Å². The van der Waals surface area contributed by atoms with Crippen molar-refractivity contribution in [1.82, 2.24) is 14.2 Å². The lowest BCUT2D eigenvalue weighted by Crippen LogP contribution is -2.33. The summed E-state index contributed by atoms with van der Waals surface area (Å²) in [6.45, 7) is 6.52. The number of carbonyl (C=O) groups excluding carboxylic acids is 1. The SMILES string of the molecule is CCN(CC)S(=O)(=O)c1cc(C(=O)N(CCC#N)Cc2cccnc2)ccc1C. The van der Waals surface area contributed by atoms with Crippen LogP contribution in [0.25, 0.3) is 0 Å². The van der Waals surface area contributed by atoms with Crippen molar-refractivity contribution in [1.29, 1.82) is 5.26 Å². The van der Waals surface area contributed by atoms with Crippen molar-refractivity contribution in [3.05, 3.63) is 59.4 Å². The third-order valence-electron chi connectivity index (χ3n) is 4.64. The molecule has 0 saturated carbocycles. The van der Waals surface area contributed by atoms with Crippen LogP contribution in [0.15, 0.2) is 47.6 Å². The van der Waals surface area contributed by atoms with Crippen LogP contribution in [-0.4, -0.2) is 48.1 Å². The Bertz CT molecular complexity index is 981. The van der Waals surface area contributed by atoms with Crippen LogP contribution in [0.5, 0.6) is 0 Å². The quantitative estimate of drug-likeness (QED) is 0.629. The smallest absolute Gasteiger partial charge is 0.254 e. The number of rotatable bonds is 9. The van der Waals surface area contributed by atoms with Crippen LogP contribution in [0.4, 0.5) is 0 Å². The summed E-state index contributed by atoms with van der Waals surface area (Å²) in [4.78, 5) is 18.9. The van der Waals surface area contributed by atoms with Gasteiger partial charge in [0.1, 0.15) is 0 Å². The van der Waals surface area contributed by atoms with Crippen molar-refractivity contribution < 1.29 is 13.2 Å². The van der Waals surface area contributed by atoms with E-state index in [1.54, 1.807) is 56.3 Å². The second kappa shape index (κ2) is 10.1. The lowest BCUT2D eigenvalue weighted by molar-refractivity contribution is 0.0746. The fraction of sp³-hybridized carbons (Fsp3) is 0.381. The van der Waals surface area contributed by atoms with Gasteiger partial charge in [0.2, 0.25) is 10.0 Å². The molecule has 0 radical (unpaired) electrons. The van der Waals surface area contributed by atoms with Gasteiger partial charge in [0, 0.05) is 44.1 Å². The van der Waals surface area contributed by atoms with E-state index < -0.39 is 10.0 Å². The Balaban J connectivity index is 2.40. The van der Waals surface area contributed by atoms with Gasteiger partial charge in [-0.05, 0) is 36.2 Å². The Hall–Kier alpha value is -2.76. The Morgan fingerprint density at radius 3 is 2.52 bits per heavy atom. The zero-order chi connectivity index (χ0) is 21.4. The standard InChI is InChI=1S/C21H26N4O3S/c1-4-25(5-2)29(27,28)20-14-19(10-9-17(20)3)21(26)24(13-7-11-22)16-18-8-6-12-23-15-18/h6,8-10,12,14-15H,4-5,7,13,16H2,1-3H3. The van der Waals surface area contributed by atoms with Crippen molar-refractivity contribution in [2.75, 3.05) is 19.6 Å². The van der Waals surface area contributed by atoms with E-state index in [4.69, 9.17) is 5.26 Å². The number of pyridine rings is 1. The van der Waals surface area contributed by atoms with Crippen LogP contribution in [0.3, 0.4) is 0 Å². The number of hydrogen-bond acceptors (Lipinski definition) is 5. The summed E-state index contributed by atoms with van der Waals surface area (Å²) in [6.07, 6.45) is 3.50. The number of carbonyl (C=O) groups is 1. The van der Waals surface area contributed by atoms with E-state index in [2.05, 4.69) is 11.1 Å². The molecule has 0 aliphatic heterocycles. The Morgan fingerprint density at radius 2 is 1.93 bits per heavy atom. The largest absolute Gasteiger partial charge is 0.333 e. The molecule has 0 unspecified atom stereocenters. The summed E-state index contributed by atoms with van der Waals surface area (Å²) >= 11 is 0. The molecule has 0 N–H and O–H groups in total. The van der Waals surface area contributed by atoms with Crippen molar-refractivity contribution in [3.63, 3.8) is 0 Å². The van der Waals surface area contributed by atoms with E-state index in [0.29, 0.717) is 25.2 Å². The molecule has 8 heteroatoms. The maximum absolute atomic E-state index is 13.1. The number of amides is 1. The fourth-order valence-electron chi connectivity index (χ4n) is 3.05. The van der Waals surface area contributed by atoms with Gasteiger partial charge >= 0.3 is 0 Å². The highest BCUT2D eigenvalue weighted by Gasteiger charge is 2.26. The molecule has 1 aromatic heterocycles. The molecule has 0 fully saturated rings. The van der Waals surface area contributed by atoms with Gasteiger partial charge in [0.05, 0.1) is 17.4 Å². The number of benzene rings is 1. The molecular weight excluding hydrogens is 388 g/mol. The van der Waals surface area contributed by atoms with Crippen LogP contribution in [0.2, 0.25) is 0 Å². The first kappa shape index (κ1) is 22.5. The van der Waals surface area contributed by atoms with Gasteiger partial charge in [0.15, 0.2) is 0 Å². The molecule has 2 rings (SSSR count). The van der Waals surface area contributed by atoms with E-state index >= 15 is 0 Å². The van der Waals surface area contributed by atoms with E-state index in [9.17, 15) is 13.2 Å². The number of sulfonamides is 1. The van der Waals surface area contributed by atoms with Gasteiger partial charge in [0.25, 0.3) is 5.91 Å². The van der Waals surface area contributed by atoms with Gasteiger partial charge in [-0.3, -0.25) is 9.78 Å². The number of aryl methyl sites for hydroxylation is 1. The molecule has 29 heavy (non-hydrogen) atoms. The van der Waals surface area contributed by atoms with Crippen LogP contribution < -0.4 is 0 Å². The first-order chi connectivity index (χ1) is 13.8. The van der Waals surface area contributed by atoms with Gasteiger partial charge < -0.3 is 4.90 Å². The maximum atomic E-state index is 13.1. The summed E-state index contributed by atoms with van der Waals surface area (Å²) < 4.78 is 27.3. The van der Waals surface area contributed by atoms with E-state index in [1.165, 1.54) is 10.4 Å². The zero-order valence-corrected chi connectivity index (χ0v) is 17.8. The average molecular weight is 415 g/mol. The minimum Gasteiger partial charge on any atom is -0.333 e. The second-order valence-corrected chi connectivity index (χ2v) is 8.47. The molecule has 7 nitrogen and oxygen atoms in total. The van der Waals surface area contributed by atoms with Gasteiger partial charge in [-0.15, -0.1) is 0 Å². The van der Waals surface area contributed by atoms with Crippen LogP contribution in [0.1, 0.15) is 41.8 Å². The predicted molar refractivity (Wildman–Crippen MR) is 110 cm³/mol. The number of hydrogen-bond donors (Lipinski definition) is 0. The number of nitriles is 1. The van der Waals surface area contributed by atoms with Crippen LogP contribution in [-0.2, 0) is 16.6 Å². The van der Waals surface area contributed by atoms with E-state index in [0.717, 1.165) is 5.56 Å². The maximum Gasteiger partial charge on any atom is 0.254 e. The molecule has 1 heterocycles. The first-order valence-electron chi connectivity index (χ1n) is 9.51. The molecule has 1 aromatic carbocycles. The summed E-state index contributed by atoms with van der Waals surface area (Å²) in [6, 6.07) is 10.4. The molecule has 0 spiro atoms. The highest BCUT2D eigenvalue weighted by Crippen LogP contribution is 2.22. The summed E-state index contributed by atoms with van der Waals surface area (Å²) in [5.74, 6) is -0.319. The van der Waals surface area contributed by atoms with Crippen LogP contribution in [0, 0.1) is 18.3 Å². The number of aromatic nitrogens is 1. The van der Waals surface area contributed by atoms with Crippen molar-refractivity contribution in [2.45, 2.75) is 38.6 Å². The number of nitrogens with zero attached hydrogens (tertiary/aromatic N) is 4. The van der Waals surface area contributed by atoms with Crippen molar-refractivity contribution in [2.24, 2.45) is 0 Å². The minimum atomic E-state index is -3.69. The topological polar surface area (TPSA) is 94.4 Å². The second-order valence-electron chi connectivity index (χ2n) is 6.57. The normalized spacial score (nSPS) is 11.3. The molecule has 0 bridgehead atoms. The Morgan fingerprint density at radius 1 is 1.21 bits per heavy atom. The lowest BCUT2D eigenvalue weighted by atomic mass is 10.1. The van der Waals surface area contributed by atoms with E-state index in [-0.39, 0.29) is 29.3 Å². The van der Waals surface area contributed by atoms with Gasteiger partial charge in [-0.1, -0.05) is 26.0 Å². The van der Waals surface area contributed by atoms with Crippen molar-refractivity contribution in [3.8, 4) is 6.07 Å². The third-order valence-corrected chi connectivity index (χ3v) is 6.83. The van der Waals surface area contributed by atoms with Crippen molar-refractivity contribution >= 4 is 15.9 Å². The molecule has 2 aromatic rings. The molecule has 0 saturated heterocycles. The van der Waals surface area contributed by atoms with Crippen LogP contribution >= 0.6 is 0 Å². The zero-order valence-electron chi connectivity index (χ0n) is 17.0. The molecule has 0 atom stereocenters. The van der Waals surface area contributed by atoms with Gasteiger partial charge in [-0.2, -0.15) is 9.57 Å². The van der Waals surface area contributed by atoms with Gasteiger partial charge in [-0.25, -0.2) is 8.42 Å². The molecule has 154 valence electrons. The Labute approximate surface area is 172 Å². The summed E-state index contributed by atoms with van der Waals surface area (Å²) in [5, 5.41) is 8.95. The first-order valence-corrected chi connectivity index (χ1v) is 10.9. The molecule has 0 aliphatic carbocycles. The average Bonchev–Trinajstić information content (AvgIpc) is 2.72. The summed E-state index contributed by atoms with van der Waals surface area (Å²) in [7, 11) is -3.69. The predicted octanol–water partition coefficient (Wildman–Crippen LogP) is 2.98. The third kappa shape index (κ3) is 5.40. The monoisotopic (exact) mass is 414 g/mol. The molecular formula is C21H26N4O3S. The minimum absolute atomic E-state index is 0.133. The highest BCUT2D eigenvalue weighted by molar-refractivity contribution is 7.89. The molecule has 1 amide bonds.